The molecule has 0 saturated carbocycles. The molecule has 1 aromatic heterocycles. The van der Waals surface area contributed by atoms with Crippen LogP contribution < -0.4 is 5.32 Å². The number of rotatable bonds is 2. The Balaban J connectivity index is 2.13. The van der Waals surface area contributed by atoms with E-state index in [0.29, 0.717) is 16.5 Å². The molecule has 1 saturated heterocycles. The Labute approximate surface area is 81.1 Å². The summed E-state index contributed by atoms with van der Waals surface area (Å²) in [6.45, 7) is 1.93. The van der Waals surface area contributed by atoms with Gasteiger partial charge in [0.1, 0.15) is 0 Å². The van der Waals surface area contributed by atoms with Crippen molar-refractivity contribution < 1.29 is 4.39 Å². The van der Waals surface area contributed by atoms with Crippen LogP contribution >= 0.6 is 11.6 Å². The maximum Gasteiger partial charge on any atom is 0.216 e. The summed E-state index contributed by atoms with van der Waals surface area (Å²) in [6, 6.07) is 1.65. The van der Waals surface area contributed by atoms with E-state index in [0.717, 1.165) is 19.5 Å². The van der Waals surface area contributed by atoms with Crippen LogP contribution in [0.5, 0.6) is 0 Å². The quantitative estimate of drug-likeness (QED) is 0.735. The Morgan fingerprint density at radius 2 is 2.38 bits per heavy atom. The second-order valence-corrected chi connectivity index (χ2v) is 3.77. The lowest BCUT2D eigenvalue weighted by atomic mass is 9.95. The predicted octanol–water partition coefficient (Wildman–Crippen LogP) is 1.64. The van der Waals surface area contributed by atoms with Gasteiger partial charge in [0.2, 0.25) is 5.95 Å². The lowest BCUT2D eigenvalue weighted by Crippen LogP contribution is -2.43. The molecule has 1 N–H and O–H groups in total. The van der Waals surface area contributed by atoms with Gasteiger partial charge < -0.3 is 5.32 Å². The van der Waals surface area contributed by atoms with Gasteiger partial charge in [-0.05, 0) is 31.5 Å². The van der Waals surface area contributed by atoms with Gasteiger partial charge in [-0.25, -0.2) is 4.98 Å². The van der Waals surface area contributed by atoms with Gasteiger partial charge in [0, 0.05) is 11.8 Å². The molecule has 0 spiro atoms. The molecular weight excluding hydrogens is 191 g/mol. The molecule has 2 nitrogen and oxygen atoms in total. The average Bonchev–Trinajstić information content (AvgIpc) is 2.03. The summed E-state index contributed by atoms with van der Waals surface area (Å²) >= 11 is 5.72. The molecule has 2 rings (SSSR count). The Kier molecular flexibility index (Phi) is 2.47. The van der Waals surface area contributed by atoms with Gasteiger partial charge in [0.25, 0.3) is 0 Å². The van der Waals surface area contributed by atoms with Crippen molar-refractivity contribution in [1.29, 1.82) is 0 Å². The maximum atomic E-state index is 13.1. The zero-order valence-electron chi connectivity index (χ0n) is 7.06. The van der Waals surface area contributed by atoms with Gasteiger partial charge in [0.15, 0.2) is 0 Å². The normalized spacial score (nSPS) is 17.1. The molecule has 1 aliphatic heterocycles. The summed E-state index contributed by atoms with van der Waals surface area (Å²) in [6.07, 6.45) is 2.06. The highest BCUT2D eigenvalue weighted by Crippen LogP contribution is 2.17. The second kappa shape index (κ2) is 3.60. The van der Waals surface area contributed by atoms with E-state index in [9.17, 15) is 4.39 Å². The molecular formula is C9H10ClFN2. The molecule has 1 aromatic rings. The van der Waals surface area contributed by atoms with Gasteiger partial charge >= 0.3 is 0 Å². The van der Waals surface area contributed by atoms with Crippen LogP contribution in [-0.4, -0.2) is 18.1 Å². The van der Waals surface area contributed by atoms with Crippen molar-refractivity contribution in [3.63, 3.8) is 0 Å². The minimum atomic E-state index is -0.392. The third-order valence-corrected chi connectivity index (χ3v) is 2.46. The van der Waals surface area contributed by atoms with E-state index >= 15 is 0 Å². The summed E-state index contributed by atoms with van der Waals surface area (Å²) in [5, 5.41) is 3.64. The fourth-order valence-corrected chi connectivity index (χ4v) is 1.59. The lowest BCUT2D eigenvalue weighted by Gasteiger charge is -2.26. The Hall–Kier alpha value is -0.670. The van der Waals surface area contributed by atoms with Crippen molar-refractivity contribution in [2.45, 2.75) is 6.42 Å². The standard InChI is InChI=1S/C9H10ClFN2/c10-8-2-7(9(11)13-5-8)1-6-3-12-4-6/h2,5-6,12H,1,3-4H2. The smallest absolute Gasteiger partial charge is 0.216 e. The Morgan fingerprint density at radius 1 is 1.62 bits per heavy atom. The first kappa shape index (κ1) is 8.91. The maximum absolute atomic E-state index is 13.1. The van der Waals surface area contributed by atoms with Crippen LogP contribution in [0.25, 0.3) is 0 Å². The summed E-state index contributed by atoms with van der Waals surface area (Å²) < 4.78 is 13.1. The van der Waals surface area contributed by atoms with Crippen LogP contribution in [0.15, 0.2) is 12.3 Å². The second-order valence-electron chi connectivity index (χ2n) is 3.33. The zero-order chi connectivity index (χ0) is 9.26. The number of halogens is 2. The van der Waals surface area contributed by atoms with Gasteiger partial charge in [-0.15, -0.1) is 0 Å². The molecule has 0 aliphatic carbocycles. The summed E-state index contributed by atoms with van der Waals surface area (Å²) in [5.74, 6) is 0.145. The molecule has 0 amide bonds. The van der Waals surface area contributed by atoms with E-state index in [-0.39, 0.29) is 0 Å². The van der Waals surface area contributed by atoms with Gasteiger partial charge in [-0.3, -0.25) is 0 Å². The Morgan fingerprint density at radius 3 is 3.00 bits per heavy atom. The van der Waals surface area contributed by atoms with Crippen LogP contribution in [0.4, 0.5) is 4.39 Å². The highest BCUT2D eigenvalue weighted by Gasteiger charge is 2.19. The van der Waals surface area contributed by atoms with Gasteiger partial charge in [-0.1, -0.05) is 11.6 Å². The van der Waals surface area contributed by atoms with Crippen LogP contribution in [0.3, 0.4) is 0 Å². The minimum absolute atomic E-state index is 0.392. The fraction of sp³-hybridized carbons (Fsp3) is 0.444. The topological polar surface area (TPSA) is 24.9 Å². The van der Waals surface area contributed by atoms with Crippen molar-refractivity contribution >= 4 is 11.6 Å². The van der Waals surface area contributed by atoms with Crippen molar-refractivity contribution in [2.75, 3.05) is 13.1 Å². The van der Waals surface area contributed by atoms with E-state index in [2.05, 4.69) is 10.3 Å². The van der Waals surface area contributed by atoms with E-state index in [1.807, 2.05) is 0 Å². The summed E-state index contributed by atoms with van der Waals surface area (Å²) in [5.41, 5.74) is 0.624. The summed E-state index contributed by atoms with van der Waals surface area (Å²) in [7, 11) is 0. The van der Waals surface area contributed by atoms with Crippen molar-refractivity contribution in [1.82, 2.24) is 10.3 Å². The Bertz CT molecular complexity index is 312. The minimum Gasteiger partial charge on any atom is -0.316 e. The van der Waals surface area contributed by atoms with Crippen LogP contribution in [0.2, 0.25) is 5.02 Å². The molecule has 4 heteroatoms. The molecule has 0 bridgehead atoms. The molecule has 13 heavy (non-hydrogen) atoms. The van der Waals surface area contributed by atoms with Crippen LogP contribution in [-0.2, 0) is 6.42 Å². The molecule has 0 aromatic carbocycles. The van der Waals surface area contributed by atoms with Crippen molar-refractivity contribution in [3.05, 3.63) is 28.8 Å². The van der Waals surface area contributed by atoms with Crippen LogP contribution in [0, 0.1) is 11.9 Å². The highest BCUT2D eigenvalue weighted by atomic mass is 35.5. The molecule has 1 fully saturated rings. The monoisotopic (exact) mass is 200 g/mol. The van der Waals surface area contributed by atoms with Crippen LogP contribution in [0.1, 0.15) is 5.56 Å². The van der Waals surface area contributed by atoms with E-state index in [4.69, 9.17) is 11.6 Å². The SMILES string of the molecule is Fc1ncc(Cl)cc1CC1CNC1. The number of hydrogen-bond donors (Lipinski definition) is 1. The first-order valence-corrected chi connectivity index (χ1v) is 4.64. The van der Waals surface area contributed by atoms with E-state index < -0.39 is 5.95 Å². The van der Waals surface area contributed by atoms with Gasteiger partial charge in [-0.2, -0.15) is 4.39 Å². The third kappa shape index (κ3) is 1.98. The predicted molar refractivity (Wildman–Crippen MR) is 49.3 cm³/mol. The summed E-state index contributed by atoms with van der Waals surface area (Å²) in [4.78, 5) is 3.57. The highest BCUT2D eigenvalue weighted by molar-refractivity contribution is 6.30. The molecule has 0 radical (unpaired) electrons. The third-order valence-electron chi connectivity index (χ3n) is 2.25. The van der Waals surface area contributed by atoms with Crippen molar-refractivity contribution in [2.24, 2.45) is 5.92 Å². The first-order valence-electron chi connectivity index (χ1n) is 4.26. The van der Waals surface area contributed by atoms with Crippen molar-refractivity contribution in [3.8, 4) is 0 Å². The molecule has 70 valence electrons. The number of nitrogens with one attached hydrogen (secondary N) is 1. The first-order chi connectivity index (χ1) is 6.25. The number of nitrogens with zero attached hydrogens (tertiary/aromatic N) is 1. The number of aromatic nitrogens is 1. The average molecular weight is 201 g/mol. The largest absolute Gasteiger partial charge is 0.316 e. The molecule has 1 aliphatic rings. The van der Waals surface area contributed by atoms with Gasteiger partial charge in [0.05, 0.1) is 5.02 Å². The molecule has 0 unspecified atom stereocenters. The zero-order valence-corrected chi connectivity index (χ0v) is 7.81. The molecule has 2 heterocycles. The number of pyridine rings is 1. The number of hydrogen-bond acceptors (Lipinski definition) is 2. The van der Waals surface area contributed by atoms with E-state index in [1.54, 1.807) is 6.07 Å². The van der Waals surface area contributed by atoms with E-state index in [1.165, 1.54) is 6.20 Å². The fourth-order valence-electron chi connectivity index (χ4n) is 1.41. The molecule has 0 atom stereocenters. The lowest BCUT2D eigenvalue weighted by molar-refractivity contribution is 0.341.